The van der Waals surface area contributed by atoms with Crippen LogP contribution in [0.15, 0.2) is 0 Å². The molecule has 2 atom stereocenters. The highest BCUT2D eigenvalue weighted by molar-refractivity contribution is 4.89. The Balaban J connectivity index is 1.49. The molecule has 0 bridgehead atoms. The second-order valence-corrected chi connectivity index (χ2v) is 5.53. The Labute approximate surface area is 112 Å². The zero-order valence-corrected chi connectivity index (χ0v) is 11.2. The van der Waals surface area contributed by atoms with E-state index in [0.29, 0.717) is 12.5 Å². The fourth-order valence-corrected chi connectivity index (χ4v) is 3.08. The molecule has 0 aromatic rings. The van der Waals surface area contributed by atoms with Crippen molar-refractivity contribution in [1.82, 2.24) is 10.2 Å². The van der Waals surface area contributed by atoms with Gasteiger partial charge in [-0.15, -0.1) is 0 Å². The van der Waals surface area contributed by atoms with Crippen LogP contribution < -0.4 is 5.32 Å². The van der Waals surface area contributed by atoms with E-state index in [0.717, 1.165) is 25.6 Å². The highest BCUT2D eigenvalue weighted by Crippen LogP contribution is 2.26. The van der Waals surface area contributed by atoms with E-state index in [2.05, 4.69) is 15.0 Å². The van der Waals surface area contributed by atoms with Crippen molar-refractivity contribution in [1.29, 1.82) is 0 Å². The molecule has 3 nitrogen and oxygen atoms in total. The number of halogens is 3. The van der Waals surface area contributed by atoms with Gasteiger partial charge in [-0.25, -0.2) is 0 Å². The Hall–Kier alpha value is -0.330. The summed E-state index contributed by atoms with van der Waals surface area (Å²) in [6, 6.07) is 1.26. The quantitative estimate of drug-likeness (QED) is 0.755. The monoisotopic (exact) mass is 280 g/mol. The SMILES string of the molecule is FC(F)(F)COCCCNC1CCN2CCCC2C1. The number of fused-ring (bicyclic) bond motifs is 1. The van der Waals surface area contributed by atoms with Crippen molar-refractivity contribution in [2.75, 3.05) is 32.8 Å². The van der Waals surface area contributed by atoms with Crippen molar-refractivity contribution in [3.05, 3.63) is 0 Å². The molecule has 1 N–H and O–H groups in total. The van der Waals surface area contributed by atoms with Crippen LogP contribution in [0.5, 0.6) is 0 Å². The molecule has 0 spiro atoms. The Morgan fingerprint density at radius 1 is 1.21 bits per heavy atom. The van der Waals surface area contributed by atoms with Gasteiger partial charge in [0.2, 0.25) is 0 Å². The maximum absolute atomic E-state index is 11.8. The van der Waals surface area contributed by atoms with Crippen LogP contribution in [-0.2, 0) is 4.74 Å². The van der Waals surface area contributed by atoms with Crippen LogP contribution >= 0.6 is 0 Å². The van der Waals surface area contributed by atoms with Crippen molar-refractivity contribution in [2.24, 2.45) is 0 Å². The molecule has 2 heterocycles. The van der Waals surface area contributed by atoms with E-state index in [9.17, 15) is 13.2 Å². The first-order valence-electron chi connectivity index (χ1n) is 7.16. The molecule has 19 heavy (non-hydrogen) atoms. The molecule has 2 unspecified atom stereocenters. The summed E-state index contributed by atoms with van der Waals surface area (Å²) in [6.45, 7) is 2.19. The maximum atomic E-state index is 11.8. The molecular weight excluding hydrogens is 257 g/mol. The predicted octanol–water partition coefficient (Wildman–Crippen LogP) is 2.17. The van der Waals surface area contributed by atoms with E-state index in [4.69, 9.17) is 0 Å². The molecule has 0 saturated carbocycles. The zero-order valence-electron chi connectivity index (χ0n) is 11.2. The van der Waals surface area contributed by atoms with Gasteiger partial charge in [-0.05, 0) is 51.7 Å². The van der Waals surface area contributed by atoms with Crippen LogP contribution in [0.1, 0.15) is 32.1 Å². The summed E-state index contributed by atoms with van der Waals surface area (Å²) in [5, 5.41) is 3.44. The molecule has 0 aliphatic carbocycles. The summed E-state index contributed by atoms with van der Waals surface area (Å²) in [5.74, 6) is 0. The Kier molecular flexibility index (Phi) is 5.47. The van der Waals surface area contributed by atoms with Gasteiger partial charge in [0.25, 0.3) is 0 Å². The van der Waals surface area contributed by atoms with E-state index in [-0.39, 0.29) is 6.61 Å². The standard InChI is InChI=1S/C13H23F3N2O/c14-13(15,16)10-19-8-2-5-17-11-4-7-18-6-1-3-12(18)9-11/h11-12,17H,1-10H2. The van der Waals surface area contributed by atoms with Crippen molar-refractivity contribution in [3.63, 3.8) is 0 Å². The van der Waals surface area contributed by atoms with Gasteiger partial charge in [-0.3, -0.25) is 0 Å². The number of nitrogens with one attached hydrogen (secondary N) is 1. The van der Waals surface area contributed by atoms with E-state index >= 15 is 0 Å². The minimum atomic E-state index is -4.21. The first-order valence-corrected chi connectivity index (χ1v) is 7.16. The highest BCUT2D eigenvalue weighted by atomic mass is 19.4. The van der Waals surface area contributed by atoms with Crippen molar-refractivity contribution < 1.29 is 17.9 Å². The Morgan fingerprint density at radius 2 is 2.05 bits per heavy atom. The molecule has 112 valence electrons. The molecule has 2 rings (SSSR count). The molecule has 2 aliphatic heterocycles. The lowest BCUT2D eigenvalue weighted by atomic mass is 9.97. The summed E-state index contributed by atoms with van der Waals surface area (Å²) in [4.78, 5) is 2.56. The average Bonchev–Trinajstić information content (AvgIpc) is 2.79. The van der Waals surface area contributed by atoms with Crippen LogP contribution in [0.4, 0.5) is 13.2 Å². The third-order valence-electron chi connectivity index (χ3n) is 3.98. The number of rotatable bonds is 6. The normalized spacial score (nSPS) is 28.6. The van der Waals surface area contributed by atoms with Crippen LogP contribution in [0.2, 0.25) is 0 Å². The fourth-order valence-electron chi connectivity index (χ4n) is 3.08. The number of hydrogen-bond acceptors (Lipinski definition) is 3. The minimum Gasteiger partial charge on any atom is -0.372 e. The molecular formula is C13H23F3N2O. The summed E-state index contributed by atoms with van der Waals surface area (Å²) in [5.41, 5.74) is 0. The minimum absolute atomic E-state index is 0.175. The van der Waals surface area contributed by atoms with Crippen molar-refractivity contribution >= 4 is 0 Å². The zero-order chi connectivity index (χ0) is 13.7. The molecule has 0 radical (unpaired) electrons. The van der Waals surface area contributed by atoms with E-state index in [1.54, 1.807) is 0 Å². The average molecular weight is 280 g/mol. The number of ether oxygens (including phenoxy) is 1. The highest BCUT2D eigenvalue weighted by Gasteiger charge is 2.31. The van der Waals surface area contributed by atoms with Crippen LogP contribution in [-0.4, -0.2) is 56.0 Å². The van der Waals surface area contributed by atoms with Crippen LogP contribution in [0.25, 0.3) is 0 Å². The van der Waals surface area contributed by atoms with Gasteiger partial charge in [-0.2, -0.15) is 13.2 Å². The van der Waals surface area contributed by atoms with Crippen molar-refractivity contribution in [2.45, 2.75) is 50.4 Å². The smallest absolute Gasteiger partial charge is 0.372 e. The van der Waals surface area contributed by atoms with Gasteiger partial charge in [0.15, 0.2) is 0 Å². The molecule has 0 amide bonds. The molecule has 2 fully saturated rings. The third-order valence-corrected chi connectivity index (χ3v) is 3.98. The summed E-state index contributed by atoms with van der Waals surface area (Å²) < 4.78 is 40.1. The van der Waals surface area contributed by atoms with Crippen molar-refractivity contribution in [3.8, 4) is 0 Å². The van der Waals surface area contributed by atoms with E-state index in [1.165, 1.54) is 25.8 Å². The second-order valence-electron chi connectivity index (χ2n) is 5.53. The summed E-state index contributed by atoms with van der Waals surface area (Å²) in [7, 11) is 0. The number of nitrogens with zero attached hydrogens (tertiary/aromatic N) is 1. The van der Waals surface area contributed by atoms with Gasteiger partial charge >= 0.3 is 6.18 Å². The predicted molar refractivity (Wildman–Crippen MR) is 67.1 cm³/mol. The number of piperidine rings is 1. The van der Waals surface area contributed by atoms with E-state index in [1.807, 2.05) is 0 Å². The topological polar surface area (TPSA) is 24.5 Å². The largest absolute Gasteiger partial charge is 0.411 e. The first-order chi connectivity index (χ1) is 9.04. The number of alkyl halides is 3. The second kappa shape index (κ2) is 6.90. The molecule has 2 aliphatic rings. The Morgan fingerprint density at radius 3 is 2.84 bits per heavy atom. The molecule has 0 aromatic heterocycles. The summed E-state index contributed by atoms with van der Waals surface area (Å²) in [6.07, 6.45) is 1.38. The van der Waals surface area contributed by atoms with Gasteiger partial charge in [0, 0.05) is 18.7 Å². The lowest BCUT2D eigenvalue weighted by Gasteiger charge is -2.35. The van der Waals surface area contributed by atoms with Crippen LogP contribution in [0, 0.1) is 0 Å². The van der Waals surface area contributed by atoms with Gasteiger partial charge in [0.05, 0.1) is 0 Å². The fraction of sp³-hybridized carbons (Fsp3) is 1.00. The maximum Gasteiger partial charge on any atom is 0.411 e. The lowest BCUT2D eigenvalue weighted by Crippen LogP contribution is -2.45. The third kappa shape index (κ3) is 5.28. The molecule has 6 heteroatoms. The van der Waals surface area contributed by atoms with Gasteiger partial charge in [0.1, 0.15) is 6.61 Å². The Bertz CT molecular complexity index is 273. The first kappa shape index (κ1) is 15.1. The lowest BCUT2D eigenvalue weighted by molar-refractivity contribution is -0.174. The van der Waals surface area contributed by atoms with Gasteiger partial charge in [-0.1, -0.05) is 0 Å². The summed E-state index contributed by atoms with van der Waals surface area (Å²) >= 11 is 0. The van der Waals surface area contributed by atoms with Gasteiger partial charge < -0.3 is 15.0 Å². The van der Waals surface area contributed by atoms with Crippen LogP contribution in [0.3, 0.4) is 0 Å². The number of hydrogen-bond donors (Lipinski definition) is 1. The molecule has 0 aromatic carbocycles. The molecule has 2 saturated heterocycles. The van der Waals surface area contributed by atoms with E-state index < -0.39 is 12.8 Å².